The number of methoxy groups -OCH3 is 1. The van der Waals surface area contributed by atoms with E-state index in [1.807, 2.05) is 81.4 Å². The third-order valence-corrected chi connectivity index (χ3v) is 7.15. The third-order valence-electron chi connectivity index (χ3n) is 6.91. The maximum atomic E-state index is 13.7. The summed E-state index contributed by atoms with van der Waals surface area (Å²) in [6.45, 7) is 6.09. The number of fused-ring (bicyclic) bond motifs is 2. The van der Waals surface area contributed by atoms with Gasteiger partial charge in [-0.3, -0.25) is 4.79 Å². The van der Waals surface area contributed by atoms with E-state index in [1.54, 1.807) is 25.5 Å². The second-order valence-electron chi connectivity index (χ2n) is 9.39. The van der Waals surface area contributed by atoms with Crippen molar-refractivity contribution in [1.82, 2.24) is 14.2 Å². The van der Waals surface area contributed by atoms with Crippen molar-refractivity contribution in [2.45, 2.75) is 20.8 Å². The minimum absolute atomic E-state index is 0.293. The van der Waals surface area contributed by atoms with Crippen LogP contribution in [0.4, 0.5) is 0 Å². The summed E-state index contributed by atoms with van der Waals surface area (Å²) in [6, 6.07) is 22.5. The van der Waals surface area contributed by atoms with E-state index in [4.69, 9.17) is 25.7 Å². The second-order valence-corrected chi connectivity index (χ2v) is 9.83. The van der Waals surface area contributed by atoms with Gasteiger partial charge in [0.25, 0.3) is 5.56 Å². The number of hydrogen-bond donors (Lipinski definition) is 0. The highest BCUT2D eigenvalue weighted by Gasteiger charge is 2.18. The van der Waals surface area contributed by atoms with E-state index in [0.717, 1.165) is 33.6 Å². The second kappa shape index (κ2) is 9.60. The van der Waals surface area contributed by atoms with Gasteiger partial charge in [-0.25, -0.2) is 4.98 Å². The first-order valence-electron chi connectivity index (χ1n) is 12.4. The minimum atomic E-state index is -0.293. The Balaban J connectivity index is 1.53. The largest absolute Gasteiger partial charge is 0.496 e. The van der Waals surface area contributed by atoms with Crippen LogP contribution in [-0.2, 0) is 0 Å². The molecule has 0 radical (unpaired) electrons. The lowest BCUT2D eigenvalue weighted by Crippen LogP contribution is -2.20. The van der Waals surface area contributed by atoms with Crippen molar-refractivity contribution < 1.29 is 9.15 Å². The van der Waals surface area contributed by atoms with Gasteiger partial charge in [-0.05, 0) is 74.9 Å². The van der Waals surface area contributed by atoms with Gasteiger partial charge < -0.3 is 13.7 Å². The predicted octanol–water partition coefficient (Wildman–Crippen LogP) is 7.07. The Labute approximate surface area is 229 Å². The van der Waals surface area contributed by atoms with Crippen molar-refractivity contribution in [3.05, 3.63) is 111 Å². The van der Waals surface area contributed by atoms with Crippen molar-refractivity contribution in [1.29, 1.82) is 0 Å². The van der Waals surface area contributed by atoms with E-state index >= 15 is 0 Å². The van der Waals surface area contributed by atoms with Crippen LogP contribution in [0.2, 0.25) is 5.02 Å². The van der Waals surface area contributed by atoms with E-state index in [2.05, 4.69) is 9.67 Å². The molecule has 8 heteroatoms. The molecule has 39 heavy (non-hydrogen) atoms. The SMILES string of the molecule is COc1cccc2oc(-c3nc4ccccc4c(=O)n3N=Cc3cc(C)n(-c4cc(Cl)ccc4C)c3C)cc12. The molecule has 0 spiro atoms. The van der Waals surface area contributed by atoms with Crippen LogP contribution >= 0.6 is 11.6 Å². The van der Waals surface area contributed by atoms with E-state index in [9.17, 15) is 4.79 Å². The number of ether oxygens (including phenoxy) is 1. The average Bonchev–Trinajstić information content (AvgIpc) is 3.49. The Morgan fingerprint density at radius 2 is 1.79 bits per heavy atom. The van der Waals surface area contributed by atoms with Crippen molar-refractivity contribution in [3.63, 3.8) is 0 Å². The van der Waals surface area contributed by atoms with Crippen LogP contribution in [0.1, 0.15) is 22.5 Å². The van der Waals surface area contributed by atoms with Crippen LogP contribution < -0.4 is 10.3 Å². The Bertz CT molecular complexity index is 1980. The molecule has 0 aliphatic rings. The van der Waals surface area contributed by atoms with Gasteiger partial charge >= 0.3 is 0 Å². The zero-order valence-corrected chi connectivity index (χ0v) is 22.7. The summed E-state index contributed by atoms with van der Waals surface area (Å²) in [4.78, 5) is 18.4. The summed E-state index contributed by atoms with van der Waals surface area (Å²) in [7, 11) is 1.61. The maximum Gasteiger partial charge on any atom is 0.282 e. The van der Waals surface area contributed by atoms with E-state index < -0.39 is 0 Å². The normalized spacial score (nSPS) is 11.7. The first kappa shape index (κ1) is 24.7. The molecule has 3 heterocycles. The summed E-state index contributed by atoms with van der Waals surface area (Å²) in [5.74, 6) is 1.38. The van der Waals surface area contributed by atoms with E-state index in [1.165, 1.54) is 4.68 Å². The molecule has 0 saturated heterocycles. The maximum absolute atomic E-state index is 13.7. The molecular formula is C31H25ClN4O3. The minimum Gasteiger partial charge on any atom is -0.496 e. The van der Waals surface area contributed by atoms with Crippen LogP contribution in [0.15, 0.2) is 87.1 Å². The molecule has 6 aromatic rings. The number of hydrogen-bond acceptors (Lipinski definition) is 5. The highest BCUT2D eigenvalue weighted by atomic mass is 35.5. The summed E-state index contributed by atoms with van der Waals surface area (Å²) >= 11 is 6.31. The third kappa shape index (κ3) is 4.21. The van der Waals surface area contributed by atoms with Crippen LogP contribution in [-0.4, -0.2) is 27.6 Å². The highest BCUT2D eigenvalue weighted by Crippen LogP contribution is 2.33. The van der Waals surface area contributed by atoms with Crippen molar-refractivity contribution >= 4 is 39.7 Å². The van der Waals surface area contributed by atoms with Gasteiger partial charge in [0.1, 0.15) is 11.3 Å². The fourth-order valence-electron chi connectivity index (χ4n) is 4.95. The van der Waals surface area contributed by atoms with Crippen LogP contribution in [0, 0.1) is 20.8 Å². The van der Waals surface area contributed by atoms with Gasteiger partial charge in [0.15, 0.2) is 5.76 Å². The van der Waals surface area contributed by atoms with Crippen LogP contribution in [0.25, 0.3) is 39.1 Å². The molecule has 0 atom stereocenters. The monoisotopic (exact) mass is 536 g/mol. The number of furan rings is 1. The van der Waals surface area contributed by atoms with Crippen LogP contribution in [0.3, 0.4) is 0 Å². The van der Waals surface area contributed by atoms with Crippen molar-refractivity contribution in [2.24, 2.45) is 5.10 Å². The fraction of sp³-hybridized carbons (Fsp3) is 0.129. The predicted molar refractivity (Wildman–Crippen MR) is 156 cm³/mol. The van der Waals surface area contributed by atoms with Crippen molar-refractivity contribution in [2.75, 3.05) is 7.11 Å². The summed E-state index contributed by atoms with van der Waals surface area (Å²) in [6.07, 6.45) is 1.68. The molecule has 6 rings (SSSR count). The Hall–Kier alpha value is -4.62. The zero-order chi connectivity index (χ0) is 27.3. The van der Waals surface area contributed by atoms with Gasteiger partial charge in [0, 0.05) is 27.7 Å². The number of nitrogens with zero attached hydrogens (tertiary/aromatic N) is 4. The van der Waals surface area contributed by atoms with E-state index in [-0.39, 0.29) is 5.56 Å². The van der Waals surface area contributed by atoms with Crippen molar-refractivity contribution in [3.8, 4) is 23.0 Å². The quantitative estimate of drug-likeness (QED) is 0.221. The van der Waals surface area contributed by atoms with Crippen LogP contribution in [0.5, 0.6) is 5.75 Å². The standard InChI is InChI=1S/C31H25ClN4O3/c1-18-12-13-22(32)15-26(18)35-19(2)14-21(20(35)3)17-33-36-30(34-25-9-6-5-8-23(25)31(36)37)29-16-24-27(38-4)10-7-11-28(24)39-29/h5-17H,1-4H3. The smallest absolute Gasteiger partial charge is 0.282 e. The topological polar surface area (TPSA) is 74.6 Å². The molecule has 0 N–H and O–H groups in total. The summed E-state index contributed by atoms with van der Waals surface area (Å²) in [5.41, 5.74) is 5.85. The Morgan fingerprint density at radius 1 is 0.974 bits per heavy atom. The molecule has 0 aliphatic heterocycles. The molecule has 3 aromatic heterocycles. The lowest BCUT2D eigenvalue weighted by Gasteiger charge is -2.13. The highest BCUT2D eigenvalue weighted by molar-refractivity contribution is 6.30. The molecule has 0 amide bonds. The van der Waals surface area contributed by atoms with Gasteiger partial charge in [0.05, 0.1) is 29.6 Å². The van der Waals surface area contributed by atoms with E-state index in [0.29, 0.717) is 38.8 Å². The lowest BCUT2D eigenvalue weighted by atomic mass is 10.2. The molecule has 0 fully saturated rings. The Kier molecular flexibility index (Phi) is 6.08. The lowest BCUT2D eigenvalue weighted by molar-refractivity contribution is 0.419. The number of aromatic nitrogens is 3. The molecule has 194 valence electrons. The fourth-order valence-corrected chi connectivity index (χ4v) is 5.11. The molecular weight excluding hydrogens is 512 g/mol. The molecule has 0 unspecified atom stereocenters. The molecule has 0 aliphatic carbocycles. The summed E-state index contributed by atoms with van der Waals surface area (Å²) in [5, 5.41) is 6.57. The van der Waals surface area contributed by atoms with Gasteiger partial charge in [0.2, 0.25) is 5.82 Å². The number of para-hydroxylation sites is 1. The molecule has 0 saturated carbocycles. The van der Waals surface area contributed by atoms with Gasteiger partial charge in [-0.2, -0.15) is 9.78 Å². The first-order valence-corrected chi connectivity index (χ1v) is 12.8. The summed E-state index contributed by atoms with van der Waals surface area (Å²) < 4.78 is 15.1. The average molecular weight is 537 g/mol. The Morgan fingerprint density at radius 3 is 2.62 bits per heavy atom. The molecule has 7 nitrogen and oxygen atoms in total. The number of aryl methyl sites for hydroxylation is 2. The van der Waals surface area contributed by atoms with Gasteiger partial charge in [-0.1, -0.05) is 35.9 Å². The molecule has 0 bridgehead atoms. The number of rotatable bonds is 5. The first-order chi connectivity index (χ1) is 18.9. The zero-order valence-electron chi connectivity index (χ0n) is 21.9. The van der Waals surface area contributed by atoms with Gasteiger partial charge in [-0.15, -0.1) is 0 Å². The number of benzene rings is 3. The number of halogens is 1. The molecule has 3 aromatic carbocycles.